The Morgan fingerprint density at radius 2 is 1.90 bits per heavy atom. The number of quaternary nitrogens is 1. The molecule has 0 fully saturated rings. The van der Waals surface area contributed by atoms with Crippen LogP contribution in [0.25, 0.3) is 6.08 Å². The van der Waals surface area contributed by atoms with Crippen molar-refractivity contribution in [3.8, 4) is 11.5 Å². The fraction of sp³-hybridized carbons (Fsp3) is 0.0455. The molecule has 0 bridgehead atoms. The van der Waals surface area contributed by atoms with Crippen LogP contribution in [-0.2, 0) is 6.61 Å². The number of halogens is 1. The third kappa shape index (κ3) is 4.31. The minimum atomic E-state index is -1.00. The lowest BCUT2D eigenvalue weighted by Crippen LogP contribution is -2.99. The van der Waals surface area contributed by atoms with E-state index in [9.17, 15) is 10.0 Å². The SMILES string of the molecule is O=C1C(=Cc2ccc([NH+]([O-])O)cc2)Oc2cc(OCc3cccc(Cl)c3)ccc21. The van der Waals surface area contributed by atoms with E-state index in [1.807, 2.05) is 18.2 Å². The molecule has 1 aliphatic rings. The van der Waals surface area contributed by atoms with Gasteiger partial charge in [0, 0.05) is 23.2 Å². The summed E-state index contributed by atoms with van der Waals surface area (Å²) in [6, 6.07) is 18.6. The Morgan fingerprint density at radius 3 is 2.62 bits per heavy atom. The van der Waals surface area contributed by atoms with Crippen LogP contribution in [0.5, 0.6) is 11.5 Å². The summed E-state index contributed by atoms with van der Waals surface area (Å²) in [4.78, 5) is 12.6. The zero-order chi connectivity index (χ0) is 20.4. The molecule has 29 heavy (non-hydrogen) atoms. The van der Waals surface area contributed by atoms with Crippen LogP contribution in [0.4, 0.5) is 5.69 Å². The molecule has 3 aromatic carbocycles. The normalized spacial score (nSPS) is 15.1. The van der Waals surface area contributed by atoms with Crippen LogP contribution in [0.3, 0.4) is 0 Å². The van der Waals surface area contributed by atoms with E-state index in [2.05, 4.69) is 0 Å². The molecule has 1 aliphatic heterocycles. The molecule has 2 N–H and O–H groups in total. The summed E-state index contributed by atoms with van der Waals surface area (Å²) in [5.41, 5.74) is 2.23. The van der Waals surface area contributed by atoms with Gasteiger partial charge in [-0.05, 0) is 53.6 Å². The van der Waals surface area contributed by atoms with Gasteiger partial charge in [-0.15, -0.1) is 0 Å². The lowest BCUT2D eigenvalue weighted by Gasteiger charge is -2.10. The molecule has 0 spiro atoms. The molecule has 0 aromatic heterocycles. The first-order valence-corrected chi connectivity index (χ1v) is 9.16. The molecular formula is C22H16ClNO5. The smallest absolute Gasteiger partial charge is 0.231 e. The topological polar surface area (TPSA) is 83.3 Å². The molecule has 0 aliphatic carbocycles. The number of benzene rings is 3. The highest BCUT2D eigenvalue weighted by Gasteiger charge is 2.27. The van der Waals surface area contributed by atoms with Crippen LogP contribution in [0.2, 0.25) is 5.02 Å². The van der Waals surface area contributed by atoms with Gasteiger partial charge in [-0.2, -0.15) is 5.23 Å². The van der Waals surface area contributed by atoms with Crippen LogP contribution in [0.1, 0.15) is 21.5 Å². The number of hydrogen-bond donors (Lipinski definition) is 2. The molecule has 1 atom stereocenters. The third-order valence-corrected chi connectivity index (χ3v) is 4.63. The molecule has 6 nitrogen and oxygen atoms in total. The molecular weight excluding hydrogens is 394 g/mol. The monoisotopic (exact) mass is 409 g/mol. The van der Waals surface area contributed by atoms with Crippen LogP contribution >= 0.6 is 11.6 Å². The highest BCUT2D eigenvalue weighted by molar-refractivity contribution is 6.30. The number of hydrogen-bond acceptors (Lipinski definition) is 5. The van der Waals surface area contributed by atoms with Gasteiger partial charge < -0.3 is 14.7 Å². The van der Waals surface area contributed by atoms with Crippen LogP contribution in [0.15, 0.2) is 72.5 Å². The second kappa shape index (κ2) is 8.06. The van der Waals surface area contributed by atoms with Crippen molar-refractivity contribution in [3.05, 3.63) is 99.4 Å². The number of nitrogens with one attached hydrogen (secondary N) is 1. The van der Waals surface area contributed by atoms with Crippen molar-refractivity contribution in [2.45, 2.75) is 6.61 Å². The Morgan fingerprint density at radius 1 is 1.10 bits per heavy atom. The molecule has 1 heterocycles. The number of ketones is 1. The lowest BCUT2D eigenvalue weighted by atomic mass is 10.1. The van der Waals surface area contributed by atoms with Crippen molar-refractivity contribution < 1.29 is 24.7 Å². The van der Waals surface area contributed by atoms with Gasteiger partial charge in [-0.25, -0.2) is 5.21 Å². The number of ether oxygens (including phenoxy) is 2. The Balaban J connectivity index is 1.49. The number of carbonyl (C=O) groups excluding carboxylic acids is 1. The third-order valence-electron chi connectivity index (χ3n) is 4.39. The average Bonchev–Trinajstić information content (AvgIpc) is 3.02. The van der Waals surface area contributed by atoms with Gasteiger partial charge in [-0.1, -0.05) is 23.7 Å². The van der Waals surface area contributed by atoms with Crippen molar-refractivity contribution in [2.24, 2.45) is 0 Å². The average molecular weight is 410 g/mol. The Labute approximate surface area is 171 Å². The van der Waals surface area contributed by atoms with Gasteiger partial charge in [-0.3, -0.25) is 4.79 Å². The number of allylic oxidation sites excluding steroid dienone is 1. The standard InChI is InChI=1S/C22H16ClNO5/c23-16-3-1-2-15(10-16)13-28-18-8-9-19-20(12-18)29-21(22(19)25)11-14-4-6-17(7-5-14)24(26)27/h1-12,24,26H,13H2. The van der Waals surface area contributed by atoms with Gasteiger partial charge in [0.1, 0.15) is 18.1 Å². The highest BCUT2D eigenvalue weighted by Crippen LogP contribution is 2.35. The maximum atomic E-state index is 12.6. The van der Waals surface area contributed by atoms with E-state index in [4.69, 9.17) is 26.3 Å². The predicted octanol–water partition coefficient (Wildman–Crippen LogP) is 3.94. The second-order valence-corrected chi connectivity index (χ2v) is 6.88. The summed E-state index contributed by atoms with van der Waals surface area (Å²) in [7, 11) is 0. The van der Waals surface area contributed by atoms with E-state index in [1.54, 1.807) is 42.5 Å². The molecule has 1 unspecified atom stereocenters. The first kappa shape index (κ1) is 19.2. The molecule has 146 valence electrons. The summed E-state index contributed by atoms with van der Waals surface area (Å²) < 4.78 is 11.5. The summed E-state index contributed by atoms with van der Waals surface area (Å²) in [6.45, 7) is 0.339. The van der Waals surface area contributed by atoms with Gasteiger partial charge in [0.05, 0.1) is 5.56 Å². The molecule has 0 saturated carbocycles. The largest absolute Gasteiger partial charge is 0.595 e. The van der Waals surface area contributed by atoms with E-state index >= 15 is 0 Å². The van der Waals surface area contributed by atoms with Crippen LogP contribution in [0, 0.1) is 5.21 Å². The summed E-state index contributed by atoms with van der Waals surface area (Å²) in [5.74, 6) is 0.939. The Kier molecular flexibility index (Phi) is 5.33. The van der Waals surface area contributed by atoms with Crippen LogP contribution < -0.4 is 14.7 Å². The first-order chi connectivity index (χ1) is 14.0. The molecule has 0 amide bonds. The summed E-state index contributed by atoms with van der Waals surface area (Å²) >= 11 is 5.98. The van der Waals surface area contributed by atoms with Crippen molar-refractivity contribution in [2.75, 3.05) is 0 Å². The zero-order valence-corrected chi connectivity index (χ0v) is 15.8. The van der Waals surface area contributed by atoms with Crippen LogP contribution in [-0.4, -0.2) is 11.0 Å². The zero-order valence-electron chi connectivity index (χ0n) is 15.1. The van der Waals surface area contributed by atoms with Crippen molar-refractivity contribution >= 4 is 29.1 Å². The molecule has 0 saturated heterocycles. The van der Waals surface area contributed by atoms with Crippen molar-refractivity contribution in [3.63, 3.8) is 0 Å². The minimum Gasteiger partial charge on any atom is -0.595 e. The number of rotatable bonds is 5. The summed E-state index contributed by atoms with van der Waals surface area (Å²) in [5, 5.41) is 19.5. The number of fused-ring (bicyclic) bond motifs is 1. The maximum Gasteiger partial charge on any atom is 0.231 e. The van der Waals surface area contributed by atoms with Crippen molar-refractivity contribution in [1.82, 2.24) is 0 Å². The molecule has 4 rings (SSSR count). The quantitative estimate of drug-likeness (QED) is 0.492. The molecule has 3 aromatic rings. The van der Waals surface area contributed by atoms with E-state index in [0.29, 0.717) is 34.3 Å². The lowest BCUT2D eigenvalue weighted by molar-refractivity contribution is -0.991. The first-order valence-electron chi connectivity index (χ1n) is 8.78. The van der Waals surface area contributed by atoms with Gasteiger partial charge in [0.15, 0.2) is 11.4 Å². The van der Waals surface area contributed by atoms with E-state index in [1.165, 1.54) is 12.1 Å². The molecule has 7 heteroatoms. The molecule has 0 radical (unpaired) electrons. The fourth-order valence-electron chi connectivity index (χ4n) is 2.92. The second-order valence-electron chi connectivity index (χ2n) is 6.44. The minimum absolute atomic E-state index is 0.176. The predicted molar refractivity (Wildman–Crippen MR) is 107 cm³/mol. The van der Waals surface area contributed by atoms with Gasteiger partial charge in [0.25, 0.3) is 0 Å². The van der Waals surface area contributed by atoms with Gasteiger partial charge >= 0.3 is 0 Å². The van der Waals surface area contributed by atoms with E-state index in [0.717, 1.165) is 5.56 Å². The highest BCUT2D eigenvalue weighted by atomic mass is 35.5. The van der Waals surface area contributed by atoms with E-state index in [-0.39, 0.29) is 17.2 Å². The Bertz CT molecular complexity index is 1090. The maximum absolute atomic E-state index is 12.6. The summed E-state index contributed by atoms with van der Waals surface area (Å²) in [6.07, 6.45) is 1.58. The fourth-order valence-corrected chi connectivity index (χ4v) is 3.14. The van der Waals surface area contributed by atoms with Gasteiger partial charge in [0.2, 0.25) is 5.78 Å². The number of Topliss-reactive ketones (excluding diaryl/α,β-unsaturated/α-hetero) is 1. The number of carbonyl (C=O) groups is 1. The van der Waals surface area contributed by atoms with Crippen molar-refractivity contribution in [1.29, 1.82) is 0 Å². The van der Waals surface area contributed by atoms with E-state index < -0.39 is 5.23 Å². The Hall–Kier alpha value is -3.16.